The van der Waals surface area contributed by atoms with Gasteiger partial charge in [-0.2, -0.15) is 5.10 Å². The Morgan fingerprint density at radius 2 is 2.00 bits per heavy atom. The molecule has 1 aromatic heterocycles. The van der Waals surface area contributed by atoms with Crippen molar-refractivity contribution in [1.82, 2.24) is 19.7 Å². The van der Waals surface area contributed by atoms with Crippen molar-refractivity contribution in [3.8, 4) is 11.4 Å². The molecule has 0 saturated carbocycles. The molecule has 0 aliphatic rings. The zero-order chi connectivity index (χ0) is 20.4. The number of aromatic nitrogens is 3. The number of halogens is 1. The third-order valence-corrected chi connectivity index (χ3v) is 3.42. The topological polar surface area (TPSA) is 107 Å². The number of carbonyl (C=O) groups is 2. The van der Waals surface area contributed by atoms with Crippen LogP contribution in [-0.4, -0.2) is 49.7 Å². The zero-order valence-electron chi connectivity index (χ0n) is 15.7. The van der Waals surface area contributed by atoms with Gasteiger partial charge >= 0.3 is 12.2 Å². The standard InChI is InChI=1S/C17H21FN4O5/c1-10-19-9-22(20-10)12-6-7-13(26-5)14(18)11(12)8-21(15(23)24)16(25)27-17(2,3)4/h6-7,9H,8H2,1-5H3,(H,23,24). The molecule has 0 aliphatic heterocycles. The first-order valence-corrected chi connectivity index (χ1v) is 8.01. The molecule has 1 N–H and O–H groups in total. The molecule has 1 heterocycles. The Morgan fingerprint density at radius 1 is 1.33 bits per heavy atom. The lowest BCUT2D eigenvalue weighted by atomic mass is 10.1. The van der Waals surface area contributed by atoms with Gasteiger partial charge in [0.15, 0.2) is 11.6 Å². The van der Waals surface area contributed by atoms with Crippen molar-refractivity contribution in [2.24, 2.45) is 0 Å². The molecule has 10 heteroatoms. The summed E-state index contributed by atoms with van der Waals surface area (Å²) in [6, 6.07) is 2.88. The number of nitrogens with zero attached hydrogens (tertiary/aromatic N) is 4. The highest BCUT2D eigenvalue weighted by Gasteiger charge is 2.30. The van der Waals surface area contributed by atoms with Crippen molar-refractivity contribution >= 4 is 12.2 Å². The Morgan fingerprint density at radius 3 is 2.48 bits per heavy atom. The van der Waals surface area contributed by atoms with Gasteiger partial charge in [0.1, 0.15) is 17.8 Å². The molecule has 2 amide bonds. The van der Waals surface area contributed by atoms with Crippen LogP contribution in [0.5, 0.6) is 5.75 Å². The summed E-state index contributed by atoms with van der Waals surface area (Å²) in [4.78, 5) is 28.2. The maximum atomic E-state index is 14.9. The van der Waals surface area contributed by atoms with Gasteiger partial charge in [0, 0.05) is 5.56 Å². The molecule has 2 aromatic rings. The first-order chi connectivity index (χ1) is 12.5. The van der Waals surface area contributed by atoms with Gasteiger partial charge in [-0.3, -0.25) is 0 Å². The van der Waals surface area contributed by atoms with E-state index in [0.717, 1.165) is 0 Å². The lowest BCUT2D eigenvalue weighted by Gasteiger charge is -2.25. The number of hydrogen-bond acceptors (Lipinski definition) is 6. The SMILES string of the molecule is COc1ccc(-n2cnc(C)n2)c(CN(C(=O)O)C(=O)OC(C)(C)C)c1F. The van der Waals surface area contributed by atoms with Gasteiger partial charge in [-0.05, 0) is 39.8 Å². The number of methoxy groups -OCH3 is 1. The fourth-order valence-electron chi connectivity index (χ4n) is 2.26. The normalized spacial score (nSPS) is 11.2. The molecular formula is C17H21FN4O5. The third kappa shape index (κ3) is 4.72. The van der Waals surface area contributed by atoms with Crippen LogP contribution in [0.2, 0.25) is 0 Å². The molecule has 2 rings (SSSR count). The predicted molar refractivity (Wildman–Crippen MR) is 92.4 cm³/mol. The number of rotatable bonds is 4. The molecule has 0 atom stereocenters. The van der Waals surface area contributed by atoms with E-state index in [1.165, 1.54) is 30.3 Å². The number of amides is 2. The molecule has 1 aromatic carbocycles. The van der Waals surface area contributed by atoms with Gasteiger partial charge in [-0.25, -0.2) is 28.5 Å². The molecule has 0 unspecified atom stereocenters. The highest BCUT2D eigenvalue weighted by atomic mass is 19.1. The van der Waals surface area contributed by atoms with E-state index in [1.807, 2.05) is 0 Å². The van der Waals surface area contributed by atoms with Crippen LogP contribution >= 0.6 is 0 Å². The molecule has 27 heavy (non-hydrogen) atoms. The highest BCUT2D eigenvalue weighted by molar-refractivity contribution is 5.87. The Labute approximate surface area is 155 Å². The summed E-state index contributed by atoms with van der Waals surface area (Å²) in [5.41, 5.74) is -0.792. The fourth-order valence-corrected chi connectivity index (χ4v) is 2.26. The first kappa shape index (κ1) is 20.1. The molecular weight excluding hydrogens is 359 g/mol. The summed E-state index contributed by atoms with van der Waals surface area (Å²) in [5.74, 6) is -0.461. The van der Waals surface area contributed by atoms with Crippen molar-refractivity contribution in [2.75, 3.05) is 7.11 Å². The summed E-state index contributed by atoms with van der Waals surface area (Å²) in [5, 5.41) is 13.5. The van der Waals surface area contributed by atoms with E-state index in [4.69, 9.17) is 9.47 Å². The minimum atomic E-state index is -1.58. The van der Waals surface area contributed by atoms with Gasteiger partial charge in [-0.15, -0.1) is 0 Å². The van der Waals surface area contributed by atoms with Gasteiger partial charge in [0.05, 0.1) is 19.3 Å². The number of aryl methyl sites for hydroxylation is 1. The Kier molecular flexibility index (Phi) is 5.67. The van der Waals surface area contributed by atoms with Gasteiger partial charge in [-0.1, -0.05) is 0 Å². The second-order valence-electron chi connectivity index (χ2n) is 6.66. The number of carbonyl (C=O) groups excluding carboxylic acids is 1. The second kappa shape index (κ2) is 7.60. The van der Waals surface area contributed by atoms with Crippen LogP contribution < -0.4 is 4.74 Å². The van der Waals surface area contributed by atoms with Crippen molar-refractivity contribution in [3.63, 3.8) is 0 Å². The summed E-state index contributed by atoms with van der Waals surface area (Å²) in [6.45, 7) is 5.85. The number of benzene rings is 1. The Bertz CT molecular complexity index is 859. The van der Waals surface area contributed by atoms with Crippen molar-refractivity contribution in [2.45, 2.75) is 39.8 Å². The van der Waals surface area contributed by atoms with Gasteiger partial charge in [0.25, 0.3) is 0 Å². The maximum absolute atomic E-state index is 14.9. The van der Waals surface area contributed by atoms with Crippen LogP contribution in [0.1, 0.15) is 32.2 Å². The summed E-state index contributed by atoms with van der Waals surface area (Å²) in [7, 11) is 1.28. The summed E-state index contributed by atoms with van der Waals surface area (Å²) in [6.07, 6.45) is -1.33. The molecule has 0 bridgehead atoms. The van der Waals surface area contributed by atoms with E-state index in [-0.39, 0.29) is 17.0 Å². The third-order valence-electron chi connectivity index (χ3n) is 3.42. The average molecular weight is 380 g/mol. The van der Waals surface area contributed by atoms with Gasteiger partial charge < -0.3 is 14.6 Å². The van der Waals surface area contributed by atoms with Gasteiger partial charge in [0.2, 0.25) is 0 Å². The van der Waals surface area contributed by atoms with Crippen LogP contribution in [-0.2, 0) is 11.3 Å². The number of hydrogen-bond donors (Lipinski definition) is 1. The van der Waals surface area contributed by atoms with Crippen molar-refractivity contribution in [1.29, 1.82) is 0 Å². The highest BCUT2D eigenvalue weighted by Crippen LogP contribution is 2.28. The average Bonchev–Trinajstić information content (AvgIpc) is 2.97. The predicted octanol–water partition coefficient (Wildman–Crippen LogP) is 3.14. The van der Waals surface area contributed by atoms with Crippen LogP contribution in [0.15, 0.2) is 18.5 Å². The number of imide groups is 1. The fraction of sp³-hybridized carbons (Fsp3) is 0.412. The number of carboxylic acid groups (broad SMARTS) is 1. The lowest BCUT2D eigenvalue weighted by molar-refractivity contribution is 0.0254. The monoisotopic (exact) mass is 380 g/mol. The molecule has 0 aliphatic carbocycles. The van der Waals surface area contributed by atoms with E-state index < -0.39 is 30.1 Å². The largest absolute Gasteiger partial charge is 0.494 e. The zero-order valence-corrected chi connectivity index (χ0v) is 15.7. The summed E-state index contributed by atoms with van der Waals surface area (Å²) >= 11 is 0. The molecule has 0 radical (unpaired) electrons. The van der Waals surface area contributed by atoms with Crippen LogP contribution in [0.4, 0.5) is 14.0 Å². The lowest BCUT2D eigenvalue weighted by Crippen LogP contribution is -2.40. The molecule has 0 saturated heterocycles. The molecule has 146 valence electrons. The number of ether oxygens (including phenoxy) is 2. The molecule has 0 fully saturated rings. The van der Waals surface area contributed by atoms with E-state index in [1.54, 1.807) is 27.7 Å². The summed E-state index contributed by atoms with van der Waals surface area (Å²) < 4.78 is 26.2. The Hall–Kier alpha value is -3.17. The minimum Gasteiger partial charge on any atom is -0.494 e. The van der Waals surface area contributed by atoms with E-state index >= 15 is 0 Å². The van der Waals surface area contributed by atoms with Crippen molar-refractivity contribution < 1.29 is 28.6 Å². The van der Waals surface area contributed by atoms with E-state index in [2.05, 4.69) is 10.1 Å². The van der Waals surface area contributed by atoms with Crippen LogP contribution in [0.25, 0.3) is 5.69 Å². The van der Waals surface area contributed by atoms with Crippen molar-refractivity contribution in [3.05, 3.63) is 35.7 Å². The smallest absolute Gasteiger partial charge is 0.420 e. The minimum absolute atomic E-state index is 0.0971. The van der Waals surface area contributed by atoms with Crippen LogP contribution in [0, 0.1) is 12.7 Å². The Balaban J connectivity index is 2.50. The molecule has 0 spiro atoms. The maximum Gasteiger partial charge on any atom is 0.420 e. The molecule has 9 nitrogen and oxygen atoms in total. The quantitative estimate of drug-likeness (QED) is 0.868. The second-order valence-corrected chi connectivity index (χ2v) is 6.66. The van der Waals surface area contributed by atoms with E-state index in [9.17, 15) is 19.1 Å². The first-order valence-electron chi connectivity index (χ1n) is 8.01. The van der Waals surface area contributed by atoms with E-state index in [0.29, 0.717) is 10.7 Å². The van der Waals surface area contributed by atoms with Crippen LogP contribution in [0.3, 0.4) is 0 Å².